The fourth-order valence-electron chi connectivity index (χ4n) is 2.66. The van der Waals surface area contributed by atoms with Gasteiger partial charge in [-0.25, -0.2) is 4.98 Å². The summed E-state index contributed by atoms with van der Waals surface area (Å²) in [5.41, 5.74) is 3.10. The average molecular weight is 242 g/mol. The maximum atomic E-state index is 9.60. The number of nitrogens with zero attached hydrogens (tertiary/aromatic N) is 1. The molecule has 2 aromatic rings. The maximum absolute atomic E-state index is 9.60. The van der Waals surface area contributed by atoms with E-state index in [2.05, 4.69) is 17.1 Å². The minimum Gasteiger partial charge on any atom is -0.395 e. The van der Waals surface area contributed by atoms with Gasteiger partial charge < -0.3 is 10.1 Å². The van der Waals surface area contributed by atoms with Crippen molar-refractivity contribution in [2.45, 2.75) is 31.6 Å². The van der Waals surface area contributed by atoms with Crippen molar-refractivity contribution in [1.82, 2.24) is 9.97 Å². The lowest BCUT2D eigenvalue weighted by Gasteiger charge is -2.38. The normalized spacial score (nSPS) is 17.4. The quantitative estimate of drug-likeness (QED) is 0.869. The second kappa shape index (κ2) is 4.25. The number of aliphatic hydroxyl groups is 1. The lowest BCUT2D eigenvalue weighted by atomic mass is 9.69. The van der Waals surface area contributed by atoms with Crippen LogP contribution in [0, 0.1) is 6.92 Å². The van der Waals surface area contributed by atoms with E-state index >= 15 is 0 Å². The molecule has 0 saturated heterocycles. The molecule has 0 spiro atoms. The number of hydrogen-bond acceptors (Lipinski definition) is 2. The molecule has 0 aliphatic heterocycles. The summed E-state index contributed by atoms with van der Waals surface area (Å²) in [4.78, 5) is 8.10. The summed E-state index contributed by atoms with van der Waals surface area (Å²) >= 11 is 0. The third-order valence-electron chi connectivity index (χ3n) is 4.05. The van der Waals surface area contributed by atoms with Crippen LogP contribution in [0.5, 0.6) is 0 Å². The molecule has 3 nitrogen and oxygen atoms in total. The van der Waals surface area contributed by atoms with Gasteiger partial charge in [0.15, 0.2) is 0 Å². The molecule has 1 aromatic heterocycles. The van der Waals surface area contributed by atoms with Crippen molar-refractivity contribution in [3.05, 3.63) is 41.9 Å². The predicted molar refractivity (Wildman–Crippen MR) is 71.4 cm³/mol. The molecule has 1 aliphatic carbocycles. The molecule has 1 aromatic carbocycles. The number of benzene rings is 1. The van der Waals surface area contributed by atoms with Crippen LogP contribution in [0.2, 0.25) is 0 Å². The van der Waals surface area contributed by atoms with Gasteiger partial charge in [0.1, 0.15) is 5.82 Å². The van der Waals surface area contributed by atoms with Crippen molar-refractivity contribution in [3.63, 3.8) is 0 Å². The van der Waals surface area contributed by atoms with Crippen molar-refractivity contribution in [3.8, 4) is 11.3 Å². The van der Waals surface area contributed by atoms with Crippen LogP contribution in [-0.4, -0.2) is 21.7 Å². The smallest absolute Gasteiger partial charge is 0.115 e. The zero-order valence-corrected chi connectivity index (χ0v) is 10.6. The Morgan fingerprint density at radius 2 is 2.00 bits per heavy atom. The molecular formula is C15H18N2O. The molecule has 3 rings (SSSR count). The molecular weight excluding hydrogens is 224 g/mol. The Kier molecular flexibility index (Phi) is 2.71. The number of hydrogen-bond donors (Lipinski definition) is 2. The van der Waals surface area contributed by atoms with Crippen molar-refractivity contribution in [1.29, 1.82) is 0 Å². The topological polar surface area (TPSA) is 48.9 Å². The first-order valence-electron chi connectivity index (χ1n) is 6.48. The van der Waals surface area contributed by atoms with Crippen LogP contribution in [0.1, 0.15) is 30.8 Å². The number of aromatic nitrogens is 2. The van der Waals surface area contributed by atoms with Crippen molar-refractivity contribution in [2.24, 2.45) is 0 Å². The van der Waals surface area contributed by atoms with E-state index in [0.29, 0.717) is 0 Å². The Bertz CT molecular complexity index is 535. The van der Waals surface area contributed by atoms with Gasteiger partial charge in [-0.15, -0.1) is 0 Å². The lowest BCUT2D eigenvalue weighted by Crippen LogP contribution is -2.39. The van der Waals surface area contributed by atoms with E-state index in [1.165, 1.54) is 6.42 Å². The van der Waals surface area contributed by atoms with Crippen LogP contribution in [0.25, 0.3) is 11.3 Å². The van der Waals surface area contributed by atoms with E-state index in [-0.39, 0.29) is 12.0 Å². The van der Waals surface area contributed by atoms with Crippen LogP contribution in [-0.2, 0) is 5.41 Å². The summed E-state index contributed by atoms with van der Waals surface area (Å²) in [6, 6.07) is 10.2. The number of aromatic amines is 1. The van der Waals surface area contributed by atoms with Gasteiger partial charge in [0.05, 0.1) is 17.7 Å². The Balaban J connectivity index is 2.01. The number of rotatable bonds is 3. The standard InChI is InChI=1S/C15H18N2O/c1-11-13(12-6-3-2-4-7-12)17-14(16-11)15(10-18)8-5-9-15/h2-4,6-7,18H,5,8-10H2,1H3,(H,16,17). The van der Waals surface area contributed by atoms with Crippen molar-refractivity contribution in [2.75, 3.05) is 6.61 Å². The monoisotopic (exact) mass is 242 g/mol. The molecule has 1 saturated carbocycles. The van der Waals surface area contributed by atoms with E-state index in [1.807, 2.05) is 25.1 Å². The Hall–Kier alpha value is -1.61. The van der Waals surface area contributed by atoms with Gasteiger partial charge in [-0.2, -0.15) is 0 Å². The number of aryl methyl sites for hydroxylation is 1. The van der Waals surface area contributed by atoms with E-state index in [4.69, 9.17) is 4.98 Å². The Morgan fingerprint density at radius 1 is 1.28 bits per heavy atom. The first-order valence-corrected chi connectivity index (χ1v) is 6.48. The van der Waals surface area contributed by atoms with Crippen LogP contribution in [0.3, 0.4) is 0 Å². The molecule has 0 unspecified atom stereocenters. The van der Waals surface area contributed by atoms with Gasteiger partial charge in [-0.05, 0) is 19.8 Å². The summed E-state index contributed by atoms with van der Waals surface area (Å²) in [5, 5.41) is 9.60. The number of aliphatic hydroxyl groups excluding tert-OH is 1. The lowest BCUT2D eigenvalue weighted by molar-refractivity contribution is 0.113. The fraction of sp³-hybridized carbons (Fsp3) is 0.400. The average Bonchev–Trinajstić information content (AvgIpc) is 2.72. The third-order valence-corrected chi connectivity index (χ3v) is 4.05. The molecule has 1 aliphatic rings. The fourth-order valence-corrected chi connectivity index (χ4v) is 2.66. The van der Waals surface area contributed by atoms with Gasteiger partial charge in [0.2, 0.25) is 0 Å². The van der Waals surface area contributed by atoms with E-state index in [9.17, 15) is 5.11 Å². The second-order valence-corrected chi connectivity index (χ2v) is 5.22. The molecule has 0 radical (unpaired) electrons. The van der Waals surface area contributed by atoms with Crippen molar-refractivity contribution < 1.29 is 5.11 Å². The highest BCUT2D eigenvalue weighted by molar-refractivity contribution is 5.62. The largest absolute Gasteiger partial charge is 0.395 e. The van der Waals surface area contributed by atoms with Gasteiger partial charge in [-0.3, -0.25) is 0 Å². The SMILES string of the molecule is Cc1[nH]c(C2(CO)CCC2)nc1-c1ccccc1. The van der Waals surface area contributed by atoms with Crippen LogP contribution < -0.4 is 0 Å². The first-order chi connectivity index (χ1) is 8.75. The molecule has 1 fully saturated rings. The molecule has 1 heterocycles. The van der Waals surface area contributed by atoms with Gasteiger partial charge >= 0.3 is 0 Å². The van der Waals surface area contributed by atoms with E-state index in [1.54, 1.807) is 0 Å². The predicted octanol–water partition coefficient (Wildman–Crippen LogP) is 2.80. The second-order valence-electron chi connectivity index (χ2n) is 5.22. The van der Waals surface area contributed by atoms with Gasteiger partial charge in [0, 0.05) is 11.3 Å². The third kappa shape index (κ3) is 1.66. The maximum Gasteiger partial charge on any atom is 0.115 e. The van der Waals surface area contributed by atoms with Crippen LogP contribution in [0.4, 0.5) is 0 Å². The zero-order valence-electron chi connectivity index (χ0n) is 10.6. The molecule has 3 heteroatoms. The summed E-state index contributed by atoms with van der Waals surface area (Å²) in [7, 11) is 0. The zero-order chi connectivity index (χ0) is 12.6. The molecule has 0 atom stereocenters. The highest BCUT2D eigenvalue weighted by atomic mass is 16.3. The minimum absolute atomic E-state index is 0.113. The summed E-state index contributed by atoms with van der Waals surface area (Å²) in [6.45, 7) is 2.23. The molecule has 94 valence electrons. The minimum atomic E-state index is -0.113. The highest BCUT2D eigenvalue weighted by Crippen LogP contribution is 2.42. The Labute approximate surface area is 107 Å². The molecule has 18 heavy (non-hydrogen) atoms. The number of nitrogens with one attached hydrogen (secondary N) is 1. The van der Waals surface area contributed by atoms with Crippen molar-refractivity contribution >= 4 is 0 Å². The summed E-state index contributed by atoms with van der Waals surface area (Å²) < 4.78 is 0. The van der Waals surface area contributed by atoms with E-state index < -0.39 is 0 Å². The Morgan fingerprint density at radius 3 is 2.56 bits per heavy atom. The van der Waals surface area contributed by atoms with Crippen LogP contribution >= 0.6 is 0 Å². The van der Waals surface area contributed by atoms with Crippen LogP contribution in [0.15, 0.2) is 30.3 Å². The van der Waals surface area contributed by atoms with Gasteiger partial charge in [0.25, 0.3) is 0 Å². The number of imidazole rings is 1. The number of H-pyrrole nitrogens is 1. The highest BCUT2D eigenvalue weighted by Gasteiger charge is 2.41. The molecule has 0 amide bonds. The van der Waals surface area contributed by atoms with Gasteiger partial charge in [-0.1, -0.05) is 36.8 Å². The van der Waals surface area contributed by atoms with E-state index in [0.717, 1.165) is 35.6 Å². The first kappa shape index (κ1) is 11.5. The molecule has 2 N–H and O–H groups in total. The summed E-state index contributed by atoms with van der Waals surface area (Å²) in [5.74, 6) is 0.951. The summed E-state index contributed by atoms with van der Waals surface area (Å²) in [6.07, 6.45) is 3.25. The molecule has 0 bridgehead atoms.